The first-order valence-electron chi connectivity index (χ1n) is 11.8. The van der Waals surface area contributed by atoms with Crippen LogP contribution < -0.4 is 0 Å². The van der Waals surface area contributed by atoms with Crippen molar-refractivity contribution in [2.75, 3.05) is 26.8 Å². The first kappa shape index (κ1) is 24.4. The molecule has 0 aromatic carbocycles. The number of hydrogen-bond acceptors (Lipinski definition) is 4. The second-order valence-electron chi connectivity index (χ2n) is 9.49. The van der Waals surface area contributed by atoms with Gasteiger partial charge in [0.1, 0.15) is 12.3 Å². The summed E-state index contributed by atoms with van der Waals surface area (Å²) in [4.78, 5) is 29.7. The van der Waals surface area contributed by atoms with Crippen molar-refractivity contribution in [3.05, 3.63) is 0 Å². The third-order valence-corrected chi connectivity index (χ3v) is 7.30. The van der Waals surface area contributed by atoms with Crippen molar-refractivity contribution < 1.29 is 27.8 Å². The van der Waals surface area contributed by atoms with E-state index in [0.29, 0.717) is 45.4 Å². The zero-order valence-electron chi connectivity index (χ0n) is 19.3. The molecular formula is C23H38F2N2O4. The number of piperazine rings is 1. The fourth-order valence-electron chi connectivity index (χ4n) is 5.68. The molecule has 1 aliphatic heterocycles. The monoisotopic (exact) mass is 444 g/mol. The molecule has 2 aliphatic carbocycles. The van der Waals surface area contributed by atoms with E-state index in [4.69, 9.17) is 9.47 Å². The van der Waals surface area contributed by atoms with E-state index >= 15 is 0 Å². The van der Waals surface area contributed by atoms with Gasteiger partial charge < -0.3 is 19.3 Å². The van der Waals surface area contributed by atoms with Crippen molar-refractivity contribution in [1.29, 1.82) is 0 Å². The maximum absolute atomic E-state index is 14.7. The number of ether oxygens (including phenoxy) is 2. The number of carbonyl (C=O) groups excluding carboxylic acids is 2. The Labute approximate surface area is 184 Å². The molecule has 3 rings (SSSR count). The lowest BCUT2D eigenvalue weighted by Gasteiger charge is -2.47. The second kappa shape index (κ2) is 10.6. The van der Waals surface area contributed by atoms with Crippen molar-refractivity contribution in [1.82, 2.24) is 9.80 Å². The van der Waals surface area contributed by atoms with Crippen molar-refractivity contribution in [3.8, 4) is 0 Å². The van der Waals surface area contributed by atoms with E-state index in [1.54, 1.807) is 16.9 Å². The molecule has 3 fully saturated rings. The third-order valence-electron chi connectivity index (χ3n) is 7.30. The molecule has 1 saturated heterocycles. The summed E-state index contributed by atoms with van der Waals surface area (Å²) in [5.41, 5.74) is 0. The molecule has 0 radical (unpaired) electrons. The Morgan fingerprint density at radius 3 is 1.90 bits per heavy atom. The van der Waals surface area contributed by atoms with Gasteiger partial charge in [-0.15, -0.1) is 0 Å². The fraction of sp³-hybridized carbons (Fsp3) is 0.913. The first-order valence-corrected chi connectivity index (χ1v) is 11.8. The van der Waals surface area contributed by atoms with Crippen LogP contribution >= 0.6 is 0 Å². The summed E-state index contributed by atoms with van der Waals surface area (Å²) in [5.74, 6) is -1.63. The zero-order chi connectivity index (χ0) is 22.7. The topological polar surface area (TPSA) is 59.1 Å². The minimum absolute atomic E-state index is 0.113. The zero-order valence-corrected chi connectivity index (χ0v) is 19.3. The summed E-state index contributed by atoms with van der Waals surface area (Å²) in [6.07, 6.45) is 0.180. The number of carbonyl (C=O) groups is 2. The van der Waals surface area contributed by atoms with Crippen LogP contribution in [0.3, 0.4) is 0 Å². The van der Waals surface area contributed by atoms with Crippen LogP contribution in [0.15, 0.2) is 0 Å². The van der Waals surface area contributed by atoms with Gasteiger partial charge in [-0.2, -0.15) is 0 Å². The molecule has 6 unspecified atom stereocenters. The highest BCUT2D eigenvalue weighted by molar-refractivity contribution is 5.82. The minimum atomic E-state index is -1.21. The summed E-state index contributed by atoms with van der Waals surface area (Å²) in [5, 5.41) is 0. The van der Waals surface area contributed by atoms with Gasteiger partial charge in [0, 0.05) is 51.7 Å². The van der Waals surface area contributed by atoms with Crippen LogP contribution in [0.2, 0.25) is 0 Å². The van der Waals surface area contributed by atoms with Crippen LogP contribution in [-0.4, -0.2) is 85.1 Å². The van der Waals surface area contributed by atoms with Gasteiger partial charge in [-0.25, -0.2) is 8.78 Å². The summed E-state index contributed by atoms with van der Waals surface area (Å²) in [6, 6.07) is -0.462. The summed E-state index contributed by atoms with van der Waals surface area (Å²) in [7, 11) is 1.57. The number of rotatable bonds is 5. The molecule has 6 nitrogen and oxygen atoms in total. The minimum Gasteiger partial charge on any atom is -0.381 e. The molecule has 0 spiro atoms. The van der Waals surface area contributed by atoms with E-state index < -0.39 is 24.2 Å². The Bertz CT molecular complexity index is 625. The van der Waals surface area contributed by atoms with Crippen molar-refractivity contribution in [2.45, 2.75) is 95.9 Å². The van der Waals surface area contributed by atoms with Gasteiger partial charge in [-0.3, -0.25) is 9.59 Å². The van der Waals surface area contributed by atoms with Crippen molar-refractivity contribution >= 4 is 11.8 Å². The van der Waals surface area contributed by atoms with Crippen LogP contribution in [0, 0.1) is 11.8 Å². The van der Waals surface area contributed by atoms with E-state index in [1.165, 1.54) is 0 Å². The Morgan fingerprint density at radius 2 is 1.39 bits per heavy atom. The molecule has 2 saturated carbocycles. The predicted octanol–water partition coefficient (Wildman–Crippen LogP) is 3.13. The third kappa shape index (κ3) is 5.38. The van der Waals surface area contributed by atoms with Gasteiger partial charge in [0.25, 0.3) is 0 Å². The molecule has 31 heavy (non-hydrogen) atoms. The van der Waals surface area contributed by atoms with Gasteiger partial charge >= 0.3 is 0 Å². The fourth-order valence-corrected chi connectivity index (χ4v) is 5.68. The van der Waals surface area contributed by atoms with Gasteiger partial charge in [0.15, 0.2) is 0 Å². The molecule has 0 aromatic heterocycles. The molecule has 2 amide bonds. The first-order chi connectivity index (χ1) is 14.8. The lowest BCUT2D eigenvalue weighted by Crippen LogP contribution is -2.62. The number of alkyl halides is 2. The Kier molecular flexibility index (Phi) is 8.30. The normalized spacial score (nSPS) is 39.4. The summed E-state index contributed by atoms with van der Waals surface area (Å²) < 4.78 is 40.2. The maximum atomic E-state index is 14.7. The average Bonchev–Trinajstić information content (AvgIpc) is 2.72. The van der Waals surface area contributed by atoms with Crippen LogP contribution in [0.4, 0.5) is 8.78 Å². The van der Waals surface area contributed by atoms with Crippen LogP contribution in [0.1, 0.15) is 59.3 Å². The molecule has 8 heteroatoms. The van der Waals surface area contributed by atoms with Gasteiger partial charge in [-0.1, -0.05) is 0 Å². The van der Waals surface area contributed by atoms with E-state index in [2.05, 4.69) is 0 Å². The Hall–Kier alpha value is -1.28. The predicted molar refractivity (Wildman–Crippen MR) is 113 cm³/mol. The number of methoxy groups -OCH3 is 1. The molecule has 0 aromatic rings. The van der Waals surface area contributed by atoms with Gasteiger partial charge in [0.2, 0.25) is 11.8 Å². The largest absolute Gasteiger partial charge is 0.381 e. The lowest BCUT2D eigenvalue weighted by molar-refractivity contribution is -0.156. The quantitative estimate of drug-likeness (QED) is 0.654. The van der Waals surface area contributed by atoms with Gasteiger partial charge in [0.05, 0.1) is 24.0 Å². The summed E-state index contributed by atoms with van der Waals surface area (Å²) in [6.45, 7) is 6.94. The average molecular weight is 445 g/mol. The molecule has 3 aliphatic rings. The molecule has 0 bridgehead atoms. The van der Waals surface area contributed by atoms with E-state index in [1.807, 2.05) is 20.8 Å². The van der Waals surface area contributed by atoms with Crippen molar-refractivity contribution in [3.63, 3.8) is 0 Å². The summed E-state index contributed by atoms with van der Waals surface area (Å²) >= 11 is 0. The molecule has 178 valence electrons. The highest BCUT2D eigenvalue weighted by atomic mass is 19.1. The highest BCUT2D eigenvalue weighted by Crippen LogP contribution is 2.34. The van der Waals surface area contributed by atoms with E-state index in [9.17, 15) is 18.4 Å². The second-order valence-corrected chi connectivity index (χ2v) is 9.49. The van der Waals surface area contributed by atoms with Crippen LogP contribution in [0.5, 0.6) is 0 Å². The molecule has 0 N–H and O–H groups in total. The Morgan fingerprint density at radius 1 is 0.871 bits per heavy atom. The smallest absolute Gasteiger partial charge is 0.229 e. The van der Waals surface area contributed by atoms with E-state index in [0.717, 1.165) is 0 Å². The van der Waals surface area contributed by atoms with E-state index in [-0.39, 0.29) is 48.9 Å². The highest BCUT2D eigenvalue weighted by Gasteiger charge is 2.44. The number of amides is 2. The lowest BCUT2D eigenvalue weighted by atomic mass is 9.83. The van der Waals surface area contributed by atoms with Crippen LogP contribution in [0.25, 0.3) is 0 Å². The van der Waals surface area contributed by atoms with Crippen LogP contribution in [-0.2, 0) is 19.1 Å². The molecule has 8 atom stereocenters. The Balaban J connectivity index is 1.59. The number of hydrogen-bond donors (Lipinski definition) is 0. The number of nitrogens with zero attached hydrogens (tertiary/aromatic N) is 2. The molecular weight excluding hydrogens is 406 g/mol. The maximum Gasteiger partial charge on any atom is 0.229 e. The standard InChI is InChI=1S/C23H38F2N2O4/c1-5-31-17-7-9-18(21(25)11-17)22(28)26-12-14(2)27(15(3)13-26)23(29)19-8-6-16(30-4)10-20(19)24/h14-21H,5-13H2,1-4H3/t14-,15-,16?,17?,18?,19?,20?,21?/m1/s1. The number of halogens is 2. The SMILES string of the molecule is CCOC1CCC(C(=O)N2C[C@@H](C)N(C(=O)C3CCC(OC)CC3F)[C@H](C)C2)C(F)C1. The van der Waals surface area contributed by atoms with Crippen molar-refractivity contribution in [2.24, 2.45) is 11.8 Å². The molecule has 1 heterocycles. The van der Waals surface area contributed by atoms with Gasteiger partial charge in [-0.05, 0) is 46.5 Å².